The molecule has 0 heterocycles. The summed E-state index contributed by atoms with van der Waals surface area (Å²) in [5, 5.41) is 7.53. The number of hydrogen-bond acceptors (Lipinski definition) is 3. The van der Waals surface area contributed by atoms with E-state index in [4.69, 9.17) is 11.6 Å². The predicted molar refractivity (Wildman–Crippen MR) is 88.1 cm³/mol. The van der Waals surface area contributed by atoms with E-state index in [0.717, 1.165) is 12.1 Å². The molecule has 0 aromatic heterocycles. The van der Waals surface area contributed by atoms with Gasteiger partial charge in [-0.15, -0.1) is 0 Å². The van der Waals surface area contributed by atoms with E-state index in [1.807, 2.05) is 0 Å². The molecule has 0 saturated carbocycles. The molecule has 6 nitrogen and oxygen atoms in total. The van der Waals surface area contributed by atoms with Gasteiger partial charge in [0.1, 0.15) is 5.82 Å². The van der Waals surface area contributed by atoms with Crippen LogP contribution in [0.3, 0.4) is 0 Å². The number of benzene rings is 2. The lowest BCUT2D eigenvalue weighted by Gasteiger charge is -2.07. The van der Waals surface area contributed by atoms with Gasteiger partial charge in [0.15, 0.2) is 0 Å². The zero-order chi connectivity index (χ0) is 17.5. The molecule has 8 heteroatoms. The van der Waals surface area contributed by atoms with E-state index >= 15 is 0 Å². The number of hydrogen-bond donors (Lipinski definition) is 3. The zero-order valence-electron chi connectivity index (χ0n) is 12.3. The molecule has 124 valence electrons. The molecule has 0 aliphatic heterocycles. The summed E-state index contributed by atoms with van der Waals surface area (Å²) in [6.45, 7) is -0.377. The lowest BCUT2D eigenvalue weighted by atomic mass is 10.3. The van der Waals surface area contributed by atoms with E-state index < -0.39 is 23.5 Å². The van der Waals surface area contributed by atoms with Crippen LogP contribution in [0.2, 0.25) is 5.02 Å². The number of rotatable bonds is 4. The molecule has 0 spiro atoms. The Labute approximate surface area is 142 Å². The minimum atomic E-state index is -0.981. The van der Waals surface area contributed by atoms with Crippen molar-refractivity contribution < 1.29 is 18.8 Å². The molecule has 0 bridgehead atoms. The van der Waals surface area contributed by atoms with Crippen LogP contribution < -0.4 is 16.0 Å². The normalized spacial score (nSPS) is 9.92. The van der Waals surface area contributed by atoms with Gasteiger partial charge in [-0.2, -0.15) is 0 Å². The van der Waals surface area contributed by atoms with Crippen LogP contribution in [0.1, 0.15) is 0 Å². The van der Waals surface area contributed by atoms with Crippen molar-refractivity contribution in [2.24, 2.45) is 0 Å². The highest BCUT2D eigenvalue weighted by Gasteiger charge is 2.15. The quantitative estimate of drug-likeness (QED) is 0.739. The molecule has 0 unspecified atom stereocenters. The number of carbonyl (C=O) groups is 3. The third kappa shape index (κ3) is 5.36. The van der Waals surface area contributed by atoms with Gasteiger partial charge in [-0.1, -0.05) is 11.6 Å². The van der Waals surface area contributed by atoms with Gasteiger partial charge in [0.2, 0.25) is 5.91 Å². The fourth-order valence-corrected chi connectivity index (χ4v) is 1.83. The summed E-state index contributed by atoms with van der Waals surface area (Å²) in [4.78, 5) is 35.0. The van der Waals surface area contributed by atoms with E-state index in [9.17, 15) is 18.8 Å². The average Bonchev–Trinajstić information content (AvgIpc) is 2.57. The molecule has 0 aliphatic carbocycles. The second kappa shape index (κ2) is 8.07. The Kier molecular flexibility index (Phi) is 5.86. The van der Waals surface area contributed by atoms with Crippen LogP contribution in [0, 0.1) is 5.82 Å². The SMILES string of the molecule is O=C(CNC(=O)C(=O)Nc1ccc(F)cc1)Nc1ccc(Cl)cc1. The van der Waals surface area contributed by atoms with Crippen LogP contribution in [0.25, 0.3) is 0 Å². The lowest BCUT2D eigenvalue weighted by molar-refractivity contribution is -0.136. The van der Waals surface area contributed by atoms with Gasteiger partial charge in [0.05, 0.1) is 6.54 Å². The van der Waals surface area contributed by atoms with Crippen LogP contribution in [0.5, 0.6) is 0 Å². The maximum absolute atomic E-state index is 12.7. The minimum Gasteiger partial charge on any atom is -0.339 e. The minimum absolute atomic E-state index is 0.266. The molecular formula is C16H13ClFN3O3. The fourth-order valence-electron chi connectivity index (χ4n) is 1.70. The number of halogens is 2. The lowest BCUT2D eigenvalue weighted by Crippen LogP contribution is -2.39. The first-order valence-corrected chi connectivity index (χ1v) is 7.22. The predicted octanol–water partition coefficient (Wildman–Crippen LogP) is 2.17. The van der Waals surface area contributed by atoms with E-state index in [2.05, 4.69) is 16.0 Å². The summed E-state index contributed by atoms with van der Waals surface area (Å²) in [7, 11) is 0. The molecule has 24 heavy (non-hydrogen) atoms. The molecule has 0 atom stereocenters. The molecule has 2 rings (SSSR count). The molecule has 3 amide bonds. The van der Waals surface area contributed by atoms with Crippen molar-refractivity contribution in [1.29, 1.82) is 0 Å². The van der Waals surface area contributed by atoms with E-state index in [0.29, 0.717) is 10.7 Å². The summed E-state index contributed by atoms with van der Waals surface area (Å²) in [6.07, 6.45) is 0. The molecular weight excluding hydrogens is 337 g/mol. The Morgan fingerprint density at radius 3 is 2.00 bits per heavy atom. The van der Waals surface area contributed by atoms with Gasteiger partial charge in [-0.3, -0.25) is 14.4 Å². The van der Waals surface area contributed by atoms with Crippen LogP contribution in [0.15, 0.2) is 48.5 Å². The van der Waals surface area contributed by atoms with Crippen molar-refractivity contribution in [3.8, 4) is 0 Å². The van der Waals surface area contributed by atoms with Gasteiger partial charge in [-0.05, 0) is 48.5 Å². The van der Waals surface area contributed by atoms with Crippen LogP contribution >= 0.6 is 11.6 Å². The monoisotopic (exact) mass is 349 g/mol. The van der Waals surface area contributed by atoms with E-state index in [1.165, 1.54) is 12.1 Å². The van der Waals surface area contributed by atoms with Crippen molar-refractivity contribution in [1.82, 2.24) is 5.32 Å². The molecule has 0 saturated heterocycles. The molecule has 0 aliphatic rings. The fraction of sp³-hybridized carbons (Fsp3) is 0.0625. The van der Waals surface area contributed by atoms with Crippen molar-refractivity contribution in [3.05, 3.63) is 59.4 Å². The first kappa shape index (κ1) is 17.4. The highest BCUT2D eigenvalue weighted by atomic mass is 35.5. The molecule has 2 aromatic rings. The highest BCUT2D eigenvalue weighted by Crippen LogP contribution is 2.13. The topological polar surface area (TPSA) is 87.3 Å². The highest BCUT2D eigenvalue weighted by molar-refractivity contribution is 6.39. The van der Waals surface area contributed by atoms with Crippen molar-refractivity contribution >= 4 is 40.7 Å². The summed E-state index contributed by atoms with van der Waals surface area (Å²) < 4.78 is 12.7. The van der Waals surface area contributed by atoms with Crippen LogP contribution in [-0.2, 0) is 14.4 Å². The number of carbonyl (C=O) groups excluding carboxylic acids is 3. The first-order valence-electron chi connectivity index (χ1n) is 6.84. The first-order chi connectivity index (χ1) is 11.4. The Bertz CT molecular complexity index is 748. The largest absolute Gasteiger partial charge is 0.339 e. The Morgan fingerprint density at radius 1 is 0.833 bits per heavy atom. The number of anilines is 2. The Balaban J connectivity index is 1.79. The summed E-state index contributed by atoms with van der Waals surface area (Å²) in [5.74, 6) is -2.90. The molecule has 2 aromatic carbocycles. The average molecular weight is 350 g/mol. The molecule has 3 N–H and O–H groups in total. The van der Waals surface area contributed by atoms with Gasteiger partial charge in [0, 0.05) is 16.4 Å². The van der Waals surface area contributed by atoms with E-state index in [1.54, 1.807) is 24.3 Å². The van der Waals surface area contributed by atoms with Gasteiger partial charge in [0.25, 0.3) is 0 Å². The van der Waals surface area contributed by atoms with Gasteiger partial charge < -0.3 is 16.0 Å². The third-order valence-electron chi connectivity index (χ3n) is 2.85. The summed E-state index contributed by atoms with van der Waals surface area (Å²) >= 11 is 5.73. The second-order valence-electron chi connectivity index (χ2n) is 4.70. The molecule has 0 fully saturated rings. The van der Waals surface area contributed by atoms with Crippen molar-refractivity contribution in [2.45, 2.75) is 0 Å². The summed E-state index contributed by atoms with van der Waals surface area (Å²) in [5.41, 5.74) is 0.775. The maximum Gasteiger partial charge on any atom is 0.313 e. The Morgan fingerprint density at radius 2 is 1.38 bits per heavy atom. The molecule has 0 radical (unpaired) electrons. The Hall–Kier alpha value is -2.93. The smallest absolute Gasteiger partial charge is 0.313 e. The number of nitrogens with one attached hydrogen (secondary N) is 3. The zero-order valence-corrected chi connectivity index (χ0v) is 13.1. The van der Waals surface area contributed by atoms with Gasteiger partial charge >= 0.3 is 11.8 Å². The van der Waals surface area contributed by atoms with E-state index in [-0.39, 0.29) is 12.2 Å². The van der Waals surface area contributed by atoms with Gasteiger partial charge in [-0.25, -0.2) is 4.39 Å². The maximum atomic E-state index is 12.7. The van der Waals surface area contributed by atoms with Crippen LogP contribution in [0.4, 0.5) is 15.8 Å². The van der Waals surface area contributed by atoms with Crippen LogP contribution in [-0.4, -0.2) is 24.3 Å². The van der Waals surface area contributed by atoms with Crippen molar-refractivity contribution in [2.75, 3.05) is 17.2 Å². The third-order valence-corrected chi connectivity index (χ3v) is 3.10. The second-order valence-corrected chi connectivity index (χ2v) is 5.14. The van der Waals surface area contributed by atoms with Crippen molar-refractivity contribution in [3.63, 3.8) is 0 Å². The standard InChI is InChI=1S/C16H13ClFN3O3/c17-10-1-5-12(6-2-10)20-14(22)9-19-15(23)16(24)21-13-7-3-11(18)4-8-13/h1-8H,9H2,(H,19,23)(H,20,22)(H,21,24). The summed E-state index contributed by atoms with van der Waals surface area (Å²) in [6, 6.07) is 11.3. The number of amides is 3.